The number of aromatic hydroxyl groups is 1. The zero-order valence-corrected chi connectivity index (χ0v) is 9.40. The normalized spacial score (nSPS) is 13.8. The van der Waals surface area contributed by atoms with E-state index < -0.39 is 29.4 Å². The third kappa shape index (κ3) is 3.51. The first kappa shape index (κ1) is 14.1. The summed E-state index contributed by atoms with van der Waals surface area (Å²) >= 11 is 0. The van der Waals surface area contributed by atoms with E-state index in [4.69, 9.17) is 10.2 Å². The molecule has 0 aromatic heterocycles. The number of carboxylic acid groups (broad SMARTS) is 1. The molecular weight excluding hydrogens is 249 g/mol. The monoisotopic (exact) mass is 260 g/mol. The molecule has 1 aromatic carbocycles. The molecule has 98 valence electrons. The Morgan fingerprint density at radius 2 is 2.00 bits per heavy atom. The summed E-state index contributed by atoms with van der Waals surface area (Å²) in [5.41, 5.74) is -1.05. The fraction of sp³-hybridized carbons (Fsp3) is 0.250. The van der Waals surface area contributed by atoms with Gasteiger partial charge in [0.2, 0.25) is 0 Å². The number of halogens is 3. The van der Waals surface area contributed by atoms with Gasteiger partial charge in [-0.15, -0.1) is 0 Å². The third-order valence-electron chi connectivity index (χ3n) is 2.36. The van der Waals surface area contributed by atoms with Gasteiger partial charge in [0, 0.05) is 12.0 Å². The van der Waals surface area contributed by atoms with Crippen molar-refractivity contribution >= 4 is 5.97 Å². The van der Waals surface area contributed by atoms with Crippen molar-refractivity contribution < 1.29 is 28.2 Å². The summed E-state index contributed by atoms with van der Waals surface area (Å²) in [4.78, 5) is 10.3. The molecule has 0 aliphatic rings. The van der Waals surface area contributed by atoms with Crippen LogP contribution in [0.2, 0.25) is 0 Å². The van der Waals surface area contributed by atoms with Gasteiger partial charge < -0.3 is 10.2 Å². The molecular formula is C12H11F3O3. The molecule has 0 bridgehead atoms. The Morgan fingerprint density at radius 3 is 2.50 bits per heavy atom. The van der Waals surface area contributed by atoms with Crippen molar-refractivity contribution in [1.82, 2.24) is 0 Å². The fourth-order valence-corrected chi connectivity index (χ4v) is 1.52. The van der Waals surface area contributed by atoms with E-state index in [-0.39, 0.29) is 5.56 Å². The van der Waals surface area contributed by atoms with Crippen LogP contribution in [0.4, 0.5) is 13.2 Å². The Hall–Kier alpha value is -1.98. The summed E-state index contributed by atoms with van der Waals surface area (Å²) in [5.74, 6) is -2.44. The van der Waals surface area contributed by atoms with E-state index in [0.717, 1.165) is 24.3 Å². The summed E-state index contributed by atoms with van der Waals surface area (Å²) in [6.45, 7) is 1.45. The van der Waals surface area contributed by atoms with Gasteiger partial charge >= 0.3 is 12.1 Å². The molecule has 0 spiro atoms. The average molecular weight is 260 g/mol. The van der Waals surface area contributed by atoms with Crippen molar-refractivity contribution in [3.05, 3.63) is 41.5 Å². The van der Waals surface area contributed by atoms with E-state index >= 15 is 0 Å². The van der Waals surface area contributed by atoms with Gasteiger partial charge in [-0.25, -0.2) is 4.79 Å². The summed E-state index contributed by atoms with van der Waals surface area (Å²) in [5, 5.41) is 17.5. The number of alkyl halides is 3. The molecule has 2 N–H and O–H groups in total. The van der Waals surface area contributed by atoms with Gasteiger partial charge in [-0.3, -0.25) is 0 Å². The number of rotatable bonds is 3. The standard InChI is InChI=1S/C12H11F3O3/c1-7(2-5-11(17)18)9-4-3-8(16)6-10(9)12(13,14)15/h2-7,16H,1H3,(H,17,18)/b5-2+. The molecule has 6 heteroatoms. The van der Waals surface area contributed by atoms with Gasteiger partial charge in [0.15, 0.2) is 0 Å². The summed E-state index contributed by atoms with van der Waals surface area (Å²) in [7, 11) is 0. The largest absolute Gasteiger partial charge is 0.508 e. The minimum Gasteiger partial charge on any atom is -0.508 e. The Kier molecular flexibility index (Phi) is 4.00. The van der Waals surface area contributed by atoms with Gasteiger partial charge in [-0.2, -0.15) is 13.2 Å². The topological polar surface area (TPSA) is 57.5 Å². The van der Waals surface area contributed by atoms with E-state index in [1.165, 1.54) is 6.92 Å². The van der Waals surface area contributed by atoms with E-state index in [0.29, 0.717) is 6.07 Å². The van der Waals surface area contributed by atoms with Crippen LogP contribution in [0.15, 0.2) is 30.4 Å². The molecule has 0 aliphatic carbocycles. The first-order valence-corrected chi connectivity index (χ1v) is 5.03. The lowest BCUT2D eigenvalue weighted by Gasteiger charge is -2.16. The highest BCUT2D eigenvalue weighted by Crippen LogP contribution is 2.37. The van der Waals surface area contributed by atoms with Crippen LogP contribution in [0.5, 0.6) is 5.75 Å². The van der Waals surface area contributed by atoms with Crippen molar-refractivity contribution in [2.45, 2.75) is 19.0 Å². The van der Waals surface area contributed by atoms with Gasteiger partial charge in [0.25, 0.3) is 0 Å². The number of allylic oxidation sites excluding steroid dienone is 1. The van der Waals surface area contributed by atoms with Crippen molar-refractivity contribution in [1.29, 1.82) is 0 Å². The average Bonchev–Trinajstić information content (AvgIpc) is 2.24. The summed E-state index contributed by atoms with van der Waals surface area (Å²) in [6, 6.07) is 2.89. The zero-order valence-electron chi connectivity index (χ0n) is 9.40. The minimum atomic E-state index is -4.60. The van der Waals surface area contributed by atoms with E-state index in [2.05, 4.69) is 0 Å². The Bertz CT molecular complexity index is 478. The number of benzene rings is 1. The molecule has 0 fully saturated rings. The van der Waals surface area contributed by atoms with Crippen LogP contribution in [0.25, 0.3) is 0 Å². The fourth-order valence-electron chi connectivity index (χ4n) is 1.52. The maximum atomic E-state index is 12.7. The highest BCUT2D eigenvalue weighted by atomic mass is 19.4. The minimum absolute atomic E-state index is 0.0854. The van der Waals surface area contributed by atoms with Crippen LogP contribution in [0, 0.1) is 0 Å². The number of hydrogen-bond acceptors (Lipinski definition) is 2. The SMILES string of the molecule is CC(/C=C/C(=O)O)c1ccc(O)cc1C(F)(F)F. The molecule has 1 unspecified atom stereocenters. The number of carboxylic acids is 1. The molecule has 1 rings (SSSR count). The van der Waals surface area contributed by atoms with Crippen molar-refractivity contribution in [2.75, 3.05) is 0 Å². The van der Waals surface area contributed by atoms with Crippen LogP contribution >= 0.6 is 0 Å². The number of hydrogen-bond donors (Lipinski definition) is 2. The highest BCUT2D eigenvalue weighted by molar-refractivity contribution is 5.79. The molecule has 0 saturated heterocycles. The van der Waals surface area contributed by atoms with Crippen LogP contribution in [-0.4, -0.2) is 16.2 Å². The number of carbonyl (C=O) groups is 1. The van der Waals surface area contributed by atoms with Crippen molar-refractivity contribution in [3.8, 4) is 5.75 Å². The smallest absolute Gasteiger partial charge is 0.416 e. The summed E-state index contributed by atoms with van der Waals surface area (Å²) in [6.07, 6.45) is -2.65. The molecule has 0 radical (unpaired) electrons. The molecule has 1 aromatic rings. The van der Waals surface area contributed by atoms with E-state index in [9.17, 15) is 18.0 Å². The molecule has 0 heterocycles. The van der Waals surface area contributed by atoms with E-state index in [1.807, 2.05) is 0 Å². The lowest BCUT2D eigenvalue weighted by atomic mass is 9.94. The lowest BCUT2D eigenvalue weighted by Crippen LogP contribution is -2.10. The van der Waals surface area contributed by atoms with E-state index in [1.54, 1.807) is 0 Å². The second-order valence-corrected chi connectivity index (χ2v) is 3.76. The van der Waals surface area contributed by atoms with Crippen LogP contribution < -0.4 is 0 Å². The summed E-state index contributed by atoms with van der Waals surface area (Å²) < 4.78 is 38.2. The molecule has 0 amide bonds. The van der Waals surface area contributed by atoms with Crippen LogP contribution in [-0.2, 0) is 11.0 Å². The predicted octanol–water partition coefficient (Wildman–Crippen LogP) is 3.16. The number of aliphatic carboxylic acids is 1. The van der Waals surface area contributed by atoms with Gasteiger partial charge in [-0.1, -0.05) is 19.1 Å². The number of phenolic OH excluding ortho intramolecular Hbond substituents is 1. The number of phenols is 1. The first-order valence-electron chi connectivity index (χ1n) is 5.03. The lowest BCUT2D eigenvalue weighted by molar-refractivity contribution is -0.138. The molecule has 1 atom stereocenters. The second kappa shape index (κ2) is 5.12. The molecule has 0 aliphatic heterocycles. The Labute approximate surface area is 101 Å². The van der Waals surface area contributed by atoms with Crippen LogP contribution in [0.1, 0.15) is 24.0 Å². The maximum absolute atomic E-state index is 12.7. The first-order chi connectivity index (χ1) is 8.21. The quantitative estimate of drug-likeness (QED) is 0.821. The van der Waals surface area contributed by atoms with Crippen molar-refractivity contribution in [2.24, 2.45) is 0 Å². The van der Waals surface area contributed by atoms with Gasteiger partial charge in [0.05, 0.1) is 5.56 Å². The Morgan fingerprint density at radius 1 is 1.39 bits per heavy atom. The second-order valence-electron chi connectivity index (χ2n) is 3.76. The Balaban J connectivity index is 3.20. The van der Waals surface area contributed by atoms with Gasteiger partial charge in [-0.05, 0) is 17.7 Å². The molecule has 0 saturated carbocycles. The molecule has 3 nitrogen and oxygen atoms in total. The highest BCUT2D eigenvalue weighted by Gasteiger charge is 2.34. The van der Waals surface area contributed by atoms with Gasteiger partial charge in [0.1, 0.15) is 5.75 Å². The molecule has 18 heavy (non-hydrogen) atoms. The maximum Gasteiger partial charge on any atom is 0.416 e. The van der Waals surface area contributed by atoms with Crippen molar-refractivity contribution in [3.63, 3.8) is 0 Å². The zero-order chi connectivity index (χ0) is 13.9. The third-order valence-corrected chi connectivity index (χ3v) is 2.36. The van der Waals surface area contributed by atoms with Crippen LogP contribution in [0.3, 0.4) is 0 Å². The predicted molar refractivity (Wildman–Crippen MR) is 58.3 cm³/mol.